The van der Waals surface area contributed by atoms with E-state index in [1.54, 1.807) is 12.1 Å². The molecule has 3 unspecified atom stereocenters. The lowest BCUT2D eigenvalue weighted by atomic mass is 9.83. The van der Waals surface area contributed by atoms with Crippen LogP contribution in [0.25, 0.3) is 0 Å². The summed E-state index contributed by atoms with van der Waals surface area (Å²) in [5.74, 6) is -0.416. The van der Waals surface area contributed by atoms with Crippen molar-refractivity contribution in [2.24, 2.45) is 5.73 Å². The van der Waals surface area contributed by atoms with Gasteiger partial charge in [0.1, 0.15) is 5.82 Å². The first-order valence-electron chi connectivity index (χ1n) is 8.40. The molecule has 1 aliphatic carbocycles. The fraction of sp³-hybridized carbons (Fsp3) is 0.647. The molecule has 23 heavy (non-hydrogen) atoms. The van der Waals surface area contributed by atoms with E-state index >= 15 is 0 Å². The van der Waals surface area contributed by atoms with Gasteiger partial charge in [-0.2, -0.15) is 0 Å². The lowest BCUT2D eigenvalue weighted by Gasteiger charge is -2.49. The molecule has 128 valence electrons. The summed E-state index contributed by atoms with van der Waals surface area (Å²) in [6, 6.07) is 5.01. The first kappa shape index (κ1) is 17.0. The average Bonchev–Trinajstić information content (AvgIpc) is 3.00. The fourth-order valence-electron chi connectivity index (χ4n) is 4.17. The molecule has 4 nitrogen and oxygen atoms in total. The Balaban J connectivity index is 1.90. The van der Waals surface area contributed by atoms with Gasteiger partial charge in [0.2, 0.25) is 0 Å². The van der Waals surface area contributed by atoms with Crippen LogP contribution in [0.4, 0.5) is 10.1 Å². The lowest BCUT2D eigenvalue weighted by molar-refractivity contribution is 0.0324. The molecule has 1 aromatic rings. The molecule has 3 rings (SSSR count). The second-order valence-corrected chi connectivity index (χ2v) is 7.22. The van der Waals surface area contributed by atoms with E-state index in [2.05, 4.69) is 10.2 Å². The number of benzene rings is 1. The summed E-state index contributed by atoms with van der Waals surface area (Å²) in [7, 11) is 0. The molecule has 6 heteroatoms. The maximum atomic E-state index is 13.4. The monoisotopic (exact) mass is 341 g/mol. The molecule has 1 saturated carbocycles. The van der Waals surface area contributed by atoms with Crippen LogP contribution >= 0.6 is 11.6 Å². The number of likely N-dealkylation sites (tertiary alicyclic amines) is 1. The molecular weight excluding hydrogens is 317 g/mol. The lowest BCUT2D eigenvalue weighted by Crippen LogP contribution is -2.61. The molecule has 0 bridgehead atoms. The quantitative estimate of drug-likeness (QED) is 0.788. The van der Waals surface area contributed by atoms with Gasteiger partial charge in [0.05, 0.1) is 17.3 Å². The number of aliphatic hydroxyl groups excluding tert-OH is 1. The molecule has 0 amide bonds. The van der Waals surface area contributed by atoms with Gasteiger partial charge in [0.25, 0.3) is 0 Å². The molecular formula is C17H25ClFN3O. The Kier molecular flexibility index (Phi) is 5.11. The number of hydrogen-bond acceptors (Lipinski definition) is 4. The van der Waals surface area contributed by atoms with Crippen molar-refractivity contribution in [1.82, 2.24) is 4.90 Å². The standard InChI is InChI=1S/C17H25ClFN3O/c18-15-9-13(5-6-16(15)19)21-17(7-1-3-12(20)10-17)22-8-2-4-14(22)11-23/h5-6,9,12,14,21,23H,1-4,7-8,10-11,20H2. The van der Waals surface area contributed by atoms with Crippen LogP contribution in [0.5, 0.6) is 0 Å². The van der Waals surface area contributed by atoms with Gasteiger partial charge >= 0.3 is 0 Å². The van der Waals surface area contributed by atoms with E-state index in [-0.39, 0.29) is 29.4 Å². The van der Waals surface area contributed by atoms with Crippen molar-refractivity contribution in [3.05, 3.63) is 29.0 Å². The third kappa shape index (κ3) is 3.48. The van der Waals surface area contributed by atoms with Crippen molar-refractivity contribution in [3.63, 3.8) is 0 Å². The van der Waals surface area contributed by atoms with Crippen molar-refractivity contribution in [1.29, 1.82) is 0 Å². The Hall–Kier alpha value is -0.880. The summed E-state index contributed by atoms with van der Waals surface area (Å²) < 4.78 is 13.4. The second kappa shape index (κ2) is 6.93. The molecule has 0 radical (unpaired) electrons. The number of nitrogens with two attached hydrogens (primary N) is 1. The van der Waals surface area contributed by atoms with E-state index in [1.165, 1.54) is 6.07 Å². The summed E-state index contributed by atoms with van der Waals surface area (Å²) in [5, 5.41) is 13.4. The normalized spacial score (nSPS) is 32.2. The molecule has 3 atom stereocenters. The van der Waals surface area contributed by atoms with E-state index in [9.17, 15) is 9.50 Å². The Labute approximate surface area is 141 Å². The van der Waals surface area contributed by atoms with Gasteiger partial charge in [-0.25, -0.2) is 4.39 Å². The Morgan fingerprint density at radius 1 is 1.39 bits per heavy atom. The Morgan fingerprint density at radius 2 is 2.22 bits per heavy atom. The smallest absolute Gasteiger partial charge is 0.141 e. The summed E-state index contributed by atoms with van der Waals surface area (Å²) in [5.41, 5.74) is 6.77. The van der Waals surface area contributed by atoms with Gasteiger partial charge in [-0.05, 0) is 56.7 Å². The highest BCUT2D eigenvalue weighted by Gasteiger charge is 2.45. The second-order valence-electron chi connectivity index (χ2n) is 6.81. The number of hydrogen-bond donors (Lipinski definition) is 3. The highest BCUT2D eigenvalue weighted by atomic mass is 35.5. The Bertz CT molecular complexity index is 559. The van der Waals surface area contributed by atoms with E-state index in [0.29, 0.717) is 0 Å². The summed E-state index contributed by atoms with van der Waals surface area (Å²) >= 11 is 5.93. The van der Waals surface area contributed by atoms with E-state index < -0.39 is 5.82 Å². The van der Waals surface area contributed by atoms with Gasteiger partial charge < -0.3 is 16.2 Å². The van der Waals surface area contributed by atoms with Crippen LogP contribution in [-0.4, -0.2) is 40.9 Å². The minimum atomic E-state index is -0.416. The number of aliphatic hydroxyl groups is 1. The molecule has 1 aliphatic heterocycles. The largest absolute Gasteiger partial charge is 0.395 e. The zero-order valence-electron chi connectivity index (χ0n) is 13.3. The van der Waals surface area contributed by atoms with Gasteiger partial charge in [0.15, 0.2) is 0 Å². The van der Waals surface area contributed by atoms with Gasteiger partial charge in [0, 0.05) is 24.3 Å². The topological polar surface area (TPSA) is 61.5 Å². The molecule has 0 spiro atoms. The van der Waals surface area contributed by atoms with E-state index in [0.717, 1.165) is 50.8 Å². The number of rotatable bonds is 4. The zero-order valence-corrected chi connectivity index (χ0v) is 14.0. The predicted octanol–water partition coefficient (Wildman–Crippen LogP) is 2.95. The first-order chi connectivity index (χ1) is 11.0. The van der Waals surface area contributed by atoms with Gasteiger partial charge in [-0.1, -0.05) is 11.6 Å². The maximum Gasteiger partial charge on any atom is 0.141 e. The molecule has 2 aliphatic rings. The van der Waals surface area contributed by atoms with E-state index in [4.69, 9.17) is 17.3 Å². The van der Waals surface area contributed by atoms with Crippen LogP contribution in [0.3, 0.4) is 0 Å². The predicted molar refractivity (Wildman–Crippen MR) is 91.0 cm³/mol. The minimum Gasteiger partial charge on any atom is -0.395 e. The number of anilines is 1. The van der Waals surface area contributed by atoms with Crippen molar-refractivity contribution < 1.29 is 9.50 Å². The van der Waals surface area contributed by atoms with E-state index in [1.807, 2.05) is 0 Å². The van der Waals surface area contributed by atoms with Crippen LogP contribution in [0, 0.1) is 5.82 Å². The van der Waals surface area contributed by atoms with Crippen LogP contribution in [0.1, 0.15) is 38.5 Å². The molecule has 1 saturated heterocycles. The number of nitrogens with one attached hydrogen (secondary N) is 1. The molecule has 2 fully saturated rings. The zero-order chi connectivity index (χ0) is 16.4. The molecule has 1 heterocycles. The highest BCUT2D eigenvalue weighted by molar-refractivity contribution is 6.31. The molecule has 0 aromatic heterocycles. The third-order valence-electron chi connectivity index (χ3n) is 5.20. The Morgan fingerprint density at radius 3 is 2.91 bits per heavy atom. The summed E-state index contributed by atoms with van der Waals surface area (Å²) in [4.78, 5) is 2.36. The van der Waals surface area contributed by atoms with Crippen LogP contribution in [-0.2, 0) is 0 Å². The number of halogens is 2. The summed E-state index contributed by atoms with van der Waals surface area (Å²) in [6.07, 6.45) is 5.92. The molecule has 1 aromatic carbocycles. The maximum absolute atomic E-state index is 13.4. The highest BCUT2D eigenvalue weighted by Crippen LogP contribution is 2.39. The first-order valence-corrected chi connectivity index (χ1v) is 8.78. The number of nitrogens with zero attached hydrogens (tertiary/aromatic N) is 1. The van der Waals surface area contributed by atoms with Gasteiger partial charge in [-0.15, -0.1) is 0 Å². The SMILES string of the molecule is NC1CCCC(Nc2ccc(F)c(Cl)c2)(N2CCCC2CO)C1. The van der Waals surface area contributed by atoms with Crippen LogP contribution in [0.2, 0.25) is 5.02 Å². The van der Waals surface area contributed by atoms with Crippen LogP contribution < -0.4 is 11.1 Å². The van der Waals surface area contributed by atoms with Crippen molar-refractivity contribution in [2.75, 3.05) is 18.5 Å². The van der Waals surface area contributed by atoms with Crippen molar-refractivity contribution in [2.45, 2.75) is 56.3 Å². The third-order valence-corrected chi connectivity index (χ3v) is 5.49. The van der Waals surface area contributed by atoms with Crippen molar-refractivity contribution >= 4 is 17.3 Å². The van der Waals surface area contributed by atoms with Gasteiger partial charge in [-0.3, -0.25) is 4.90 Å². The van der Waals surface area contributed by atoms with Crippen molar-refractivity contribution in [3.8, 4) is 0 Å². The average molecular weight is 342 g/mol. The summed E-state index contributed by atoms with van der Waals surface area (Å²) in [6.45, 7) is 1.10. The fourth-order valence-corrected chi connectivity index (χ4v) is 4.35. The minimum absolute atomic E-state index is 0.116. The molecule has 4 N–H and O–H groups in total. The van der Waals surface area contributed by atoms with Crippen LogP contribution in [0.15, 0.2) is 18.2 Å².